The van der Waals surface area contributed by atoms with Crippen molar-refractivity contribution in [3.63, 3.8) is 0 Å². The number of ether oxygens (including phenoxy) is 1. The molecule has 0 unspecified atom stereocenters. The Labute approximate surface area is 121 Å². The fraction of sp³-hybridized carbons (Fsp3) is 0.562. The van der Waals surface area contributed by atoms with Gasteiger partial charge in [-0.15, -0.1) is 0 Å². The van der Waals surface area contributed by atoms with Gasteiger partial charge in [0, 0.05) is 18.6 Å². The quantitative estimate of drug-likeness (QED) is 0.804. The molecule has 4 heteroatoms. The Morgan fingerprint density at radius 3 is 2.70 bits per heavy atom. The molecule has 20 heavy (non-hydrogen) atoms. The van der Waals surface area contributed by atoms with Crippen molar-refractivity contribution in [3.05, 3.63) is 29.3 Å². The fourth-order valence-electron chi connectivity index (χ4n) is 1.60. The Bertz CT molecular complexity index is 455. The Morgan fingerprint density at radius 1 is 1.35 bits per heavy atom. The van der Waals surface area contributed by atoms with Crippen LogP contribution in [-0.4, -0.2) is 30.8 Å². The van der Waals surface area contributed by atoms with Crippen LogP contribution in [-0.2, 0) is 4.79 Å². The van der Waals surface area contributed by atoms with Gasteiger partial charge in [0.25, 0.3) is 0 Å². The van der Waals surface area contributed by atoms with Crippen LogP contribution in [0.1, 0.15) is 31.4 Å². The fourth-order valence-corrected chi connectivity index (χ4v) is 1.60. The molecule has 1 aromatic rings. The number of hydrogen-bond acceptors (Lipinski definition) is 3. The largest absolute Gasteiger partial charge is 0.493 e. The maximum Gasteiger partial charge on any atom is 0.223 e. The van der Waals surface area contributed by atoms with Gasteiger partial charge in [0.15, 0.2) is 0 Å². The van der Waals surface area contributed by atoms with Crippen molar-refractivity contribution in [1.82, 2.24) is 5.32 Å². The summed E-state index contributed by atoms with van der Waals surface area (Å²) < 4.78 is 5.64. The number of benzene rings is 1. The number of carbonyl (C=O) groups is 1. The van der Waals surface area contributed by atoms with Gasteiger partial charge in [-0.05, 0) is 31.0 Å². The Morgan fingerprint density at radius 2 is 2.05 bits per heavy atom. The molecule has 4 nitrogen and oxygen atoms in total. The van der Waals surface area contributed by atoms with Crippen molar-refractivity contribution in [3.8, 4) is 5.75 Å². The van der Waals surface area contributed by atoms with Gasteiger partial charge in [-0.2, -0.15) is 0 Å². The lowest BCUT2D eigenvalue weighted by Crippen LogP contribution is -2.36. The molecule has 0 heterocycles. The standard InChI is InChI=1S/C16H25NO3/c1-12-5-6-13(2)14(9-12)20-8-7-15(19)17-10-16(3,4)11-18/h5-6,9,18H,7-8,10-11H2,1-4H3,(H,17,19). The summed E-state index contributed by atoms with van der Waals surface area (Å²) >= 11 is 0. The number of hydrogen-bond donors (Lipinski definition) is 2. The highest BCUT2D eigenvalue weighted by Crippen LogP contribution is 2.19. The van der Waals surface area contributed by atoms with Crippen LogP contribution in [0, 0.1) is 19.3 Å². The highest BCUT2D eigenvalue weighted by atomic mass is 16.5. The Balaban J connectivity index is 2.33. The number of aliphatic hydroxyl groups excluding tert-OH is 1. The molecular weight excluding hydrogens is 254 g/mol. The van der Waals surface area contributed by atoms with Crippen molar-refractivity contribution in [2.75, 3.05) is 19.8 Å². The van der Waals surface area contributed by atoms with Gasteiger partial charge in [0.2, 0.25) is 5.91 Å². The summed E-state index contributed by atoms with van der Waals surface area (Å²) in [5.41, 5.74) is 1.92. The van der Waals surface area contributed by atoms with E-state index in [0.717, 1.165) is 16.9 Å². The highest BCUT2D eigenvalue weighted by molar-refractivity contribution is 5.76. The summed E-state index contributed by atoms with van der Waals surface area (Å²) in [6, 6.07) is 6.02. The van der Waals surface area contributed by atoms with Crippen LogP contribution >= 0.6 is 0 Å². The first-order valence-corrected chi connectivity index (χ1v) is 6.92. The van der Waals surface area contributed by atoms with Crippen molar-refractivity contribution in [1.29, 1.82) is 0 Å². The van der Waals surface area contributed by atoms with Crippen molar-refractivity contribution in [2.45, 2.75) is 34.1 Å². The predicted octanol–water partition coefficient (Wildman–Crippen LogP) is 2.21. The highest BCUT2D eigenvalue weighted by Gasteiger charge is 2.17. The minimum Gasteiger partial charge on any atom is -0.493 e. The molecule has 0 aliphatic heterocycles. The molecule has 1 amide bonds. The van der Waals surface area contributed by atoms with E-state index in [9.17, 15) is 4.79 Å². The van der Waals surface area contributed by atoms with E-state index in [1.165, 1.54) is 0 Å². The van der Waals surface area contributed by atoms with Crippen LogP contribution in [0.2, 0.25) is 0 Å². The molecule has 0 radical (unpaired) electrons. The van der Waals surface area contributed by atoms with E-state index in [1.807, 2.05) is 45.9 Å². The SMILES string of the molecule is Cc1ccc(C)c(OCCC(=O)NCC(C)(C)CO)c1. The summed E-state index contributed by atoms with van der Waals surface area (Å²) in [5, 5.41) is 11.9. The summed E-state index contributed by atoms with van der Waals surface area (Å²) in [7, 11) is 0. The molecule has 0 aliphatic rings. The zero-order valence-corrected chi connectivity index (χ0v) is 12.8. The van der Waals surface area contributed by atoms with E-state index in [1.54, 1.807) is 0 Å². The van der Waals surface area contributed by atoms with Gasteiger partial charge >= 0.3 is 0 Å². The molecule has 0 saturated heterocycles. The number of carbonyl (C=O) groups excluding carboxylic acids is 1. The number of aliphatic hydroxyl groups is 1. The van der Waals surface area contributed by atoms with Crippen LogP contribution in [0.4, 0.5) is 0 Å². The molecule has 0 aromatic heterocycles. The number of rotatable bonds is 7. The van der Waals surface area contributed by atoms with Gasteiger partial charge in [-0.3, -0.25) is 4.79 Å². The molecule has 0 spiro atoms. The average molecular weight is 279 g/mol. The van der Waals surface area contributed by atoms with E-state index >= 15 is 0 Å². The molecule has 0 bridgehead atoms. The van der Waals surface area contributed by atoms with Crippen LogP contribution < -0.4 is 10.1 Å². The van der Waals surface area contributed by atoms with Gasteiger partial charge in [0.05, 0.1) is 13.0 Å². The Kier molecular flexibility index (Phi) is 6.02. The summed E-state index contributed by atoms with van der Waals surface area (Å²) in [6.07, 6.45) is 0.314. The van der Waals surface area contributed by atoms with Crippen molar-refractivity contribution >= 4 is 5.91 Å². The van der Waals surface area contributed by atoms with Crippen LogP contribution in [0.5, 0.6) is 5.75 Å². The van der Waals surface area contributed by atoms with Gasteiger partial charge in [-0.1, -0.05) is 26.0 Å². The lowest BCUT2D eigenvalue weighted by Gasteiger charge is -2.21. The molecule has 2 N–H and O–H groups in total. The van der Waals surface area contributed by atoms with E-state index in [2.05, 4.69) is 5.32 Å². The third kappa shape index (κ3) is 5.61. The van der Waals surface area contributed by atoms with Crippen molar-refractivity contribution < 1.29 is 14.6 Å². The zero-order chi connectivity index (χ0) is 15.2. The molecule has 0 fully saturated rings. The Hall–Kier alpha value is -1.55. The monoisotopic (exact) mass is 279 g/mol. The van der Waals surface area contributed by atoms with E-state index in [4.69, 9.17) is 9.84 Å². The lowest BCUT2D eigenvalue weighted by atomic mass is 9.95. The van der Waals surface area contributed by atoms with E-state index in [-0.39, 0.29) is 17.9 Å². The molecule has 0 atom stereocenters. The van der Waals surface area contributed by atoms with Crippen LogP contribution in [0.15, 0.2) is 18.2 Å². The minimum atomic E-state index is -0.288. The van der Waals surface area contributed by atoms with Crippen LogP contribution in [0.25, 0.3) is 0 Å². The normalized spacial score (nSPS) is 11.2. The zero-order valence-electron chi connectivity index (χ0n) is 12.8. The van der Waals surface area contributed by atoms with E-state index < -0.39 is 0 Å². The van der Waals surface area contributed by atoms with Gasteiger partial charge in [0.1, 0.15) is 5.75 Å². The second-order valence-corrected chi connectivity index (χ2v) is 5.97. The molecule has 1 rings (SSSR count). The third-order valence-electron chi connectivity index (χ3n) is 3.12. The average Bonchev–Trinajstić information content (AvgIpc) is 2.40. The smallest absolute Gasteiger partial charge is 0.223 e. The van der Waals surface area contributed by atoms with E-state index in [0.29, 0.717) is 19.6 Å². The second kappa shape index (κ2) is 7.29. The first-order valence-electron chi connectivity index (χ1n) is 6.92. The summed E-state index contributed by atoms with van der Waals surface area (Å²) in [5.74, 6) is 0.769. The third-order valence-corrected chi connectivity index (χ3v) is 3.12. The maximum absolute atomic E-state index is 11.7. The van der Waals surface area contributed by atoms with Gasteiger partial charge in [-0.25, -0.2) is 0 Å². The lowest BCUT2D eigenvalue weighted by molar-refractivity contribution is -0.122. The number of aryl methyl sites for hydroxylation is 2. The number of amides is 1. The molecule has 0 aliphatic carbocycles. The molecule has 0 saturated carbocycles. The predicted molar refractivity (Wildman–Crippen MR) is 79.9 cm³/mol. The first kappa shape index (κ1) is 16.5. The maximum atomic E-state index is 11.7. The minimum absolute atomic E-state index is 0.0479. The van der Waals surface area contributed by atoms with Crippen LogP contribution in [0.3, 0.4) is 0 Å². The summed E-state index contributed by atoms with van der Waals surface area (Å²) in [6.45, 7) is 8.67. The summed E-state index contributed by atoms with van der Waals surface area (Å²) in [4.78, 5) is 11.7. The first-order chi connectivity index (χ1) is 9.34. The number of nitrogens with one attached hydrogen (secondary N) is 1. The molecule has 112 valence electrons. The molecular formula is C16H25NO3. The van der Waals surface area contributed by atoms with Gasteiger partial charge < -0.3 is 15.2 Å². The second-order valence-electron chi connectivity index (χ2n) is 5.97. The van der Waals surface area contributed by atoms with Crippen molar-refractivity contribution in [2.24, 2.45) is 5.41 Å². The topological polar surface area (TPSA) is 58.6 Å². The molecule has 1 aromatic carbocycles.